The summed E-state index contributed by atoms with van der Waals surface area (Å²) in [7, 11) is 3.69. The third-order valence-electron chi connectivity index (χ3n) is 7.19. The molecule has 6 nitrogen and oxygen atoms in total. The molecule has 2 heterocycles. The van der Waals surface area contributed by atoms with Gasteiger partial charge in [-0.1, -0.05) is 59.8 Å². The Hall–Kier alpha value is -2.24. The van der Waals surface area contributed by atoms with Crippen LogP contribution in [0.1, 0.15) is 107 Å². The van der Waals surface area contributed by atoms with Crippen LogP contribution in [-0.2, 0) is 26.9 Å². The largest absolute Gasteiger partial charge is 0.300 e. The standard InChI is InChI=1S/C15H24N2O.C12H18N2O/c1-11(2)13-10-16-14(17(3)15(13)18)9-12-7-5-4-6-8-12;1-8(2)10-7-13-11(6-9-4-5-9)14(3)12(10)15/h10-12H,4-9H2,1-3H3;7-9H,4-6H2,1-3H3. The molecule has 0 radical (unpaired) electrons. The van der Waals surface area contributed by atoms with Crippen molar-refractivity contribution in [3.8, 4) is 0 Å². The second-order valence-electron chi connectivity index (χ2n) is 10.7. The van der Waals surface area contributed by atoms with Crippen LogP contribution in [0.25, 0.3) is 0 Å². The Morgan fingerprint density at radius 2 is 1.12 bits per heavy atom. The van der Waals surface area contributed by atoms with E-state index in [1.165, 1.54) is 44.9 Å². The molecular weight excluding hydrogens is 412 g/mol. The Kier molecular flexibility index (Phi) is 8.66. The van der Waals surface area contributed by atoms with Gasteiger partial charge in [0, 0.05) is 50.5 Å². The summed E-state index contributed by atoms with van der Waals surface area (Å²) in [6, 6.07) is 0. The Morgan fingerprint density at radius 3 is 1.48 bits per heavy atom. The van der Waals surface area contributed by atoms with Gasteiger partial charge >= 0.3 is 0 Å². The van der Waals surface area contributed by atoms with Gasteiger partial charge < -0.3 is 0 Å². The number of nitrogens with zero attached hydrogens (tertiary/aromatic N) is 4. The van der Waals surface area contributed by atoms with Crippen molar-refractivity contribution in [3.63, 3.8) is 0 Å². The van der Waals surface area contributed by atoms with Crippen molar-refractivity contribution in [2.75, 3.05) is 0 Å². The van der Waals surface area contributed by atoms with Gasteiger partial charge in [0.2, 0.25) is 0 Å². The zero-order valence-corrected chi connectivity index (χ0v) is 21.4. The molecule has 182 valence electrons. The van der Waals surface area contributed by atoms with Crippen molar-refractivity contribution in [3.05, 3.63) is 55.9 Å². The van der Waals surface area contributed by atoms with Crippen molar-refractivity contribution in [2.45, 2.75) is 97.3 Å². The van der Waals surface area contributed by atoms with E-state index in [1.54, 1.807) is 21.5 Å². The third kappa shape index (κ3) is 6.64. The lowest BCUT2D eigenvalue weighted by atomic mass is 9.87. The summed E-state index contributed by atoms with van der Waals surface area (Å²) in [6.45, 7) is 8.14. The van der Waals surface area contributed by atoms with Gasteiger partial charge in [-0.2, -0.15) is 0 Å². The molecule has 0 spiro atoms. The summed E-state index contributed by atoms with van der Waals surface area (Å²) in [5.74, 6) is 3.89. The molecule has 2 fully saturated rings. The maximum Gasteiger partial charge on any atom is 0.256 e. The van der Waals surface area contributed by atoms with E-state index in [1.807, 2.05) is 41.8 Å². The van der Waals surface area contributed by atoms with Crippen molar-refractivity contribution >= 4 is 0 Å². The topological polar surface area (TPSA) is 69.8 Å². The molecule has 2 aliphatic rings. The van der Waals surface area contributed by atoms with Gasteiger partial charge in [-0.15, -0.1) is 0 Å². The fraction of sp³-hybridized carbons (Fsp3) is 0.704. The number of rotatable bonds is 6. The summed E-state index contributed by atoms with van der Waals surface area (Å²) in [6.07, 6.45) is 14.7. The van der Waals surface area contributed by atoms with Gasteiger partial charge in [-0.25, -0.2) is 9.97 Å². The lowest BCUT2D eigenvalue weighted by molar-refractivity contribution is 0.347. The Bertz CT molecular complexity index is 1040. The fourth-order valence-electron chi connectivity index (χ4n) is 4.59. The molecule has 0 saturated heterocycles. The van der Waals surface area contributed by atoms with E-state index in [9.17, 15) is 9.59 Å². The van der Waals surface area contributed by atoms with Crippen LogP contribution in [0, 0.1) is 11.8 Å². The first-order valence-electron chi connectivity index (χ1n) is 12.8. The molecule has 33 heavy (non-hydrogen) atoms. The summed E-state index contributed by atoms with van der Waals surface area (Å²) in [5.41, 5.74) is 1.89. The first-order valence-corrected chi connectivity index (χ1v) is 12.8. The molecule has 0 N–H and O–H groups in total. The van der Waals surface area contributed by atoms with Gasteiger partial charge in [0.1, 0.15) is 11.6 Å². The van der Waals surface area contributed by atoms with Crippen LogP contribution < -0.4 is 11.1 Å². The van der Waals surface area contributed by atoms with E-state index in [2.05, 4.69) is 9.97 Å². The van der Waals surface area contributed by atoms with E-state index in [-0.39, 0.29) is 23.0 Å². The molecule has 0 bridgehead atoms. The summed E-state index contributed by atoms with van der Waals surface area (Å²) >= 11 is 0. The van der Waals surface area contributed by atoms with Crippen LogP contribution in [0.5, 0.6) is 0 Å². The van der Waals surface area contributed by atoms with E-state index >= 15 is 0 Å². The predicted octanol–water partition coefficient (Wildman–Crippen LogP) is 4.88. The first-order chi connectivity index (χ1) is 15.7. The molecule has 0 aromatic carbocycles. The molecule has 4 rings (SSSR count). The number of hydrogen-bond donors (Lipinski definition) is 0. The summed E-state index contributed by atoms with van der Waals surface area (Å²) in [4.78, 5) is 33.1. The van der Waals surface area contributed by atoms with Gasteiger partial charge in [-0.05, 0) is 36.5 Å². The minimum atomic E-state index is 0.121. The van der Waals surface area contributed by atoms with Crippen molar-refractivity contribution in [1.29, 1.82) is 0 Å². The number of aromatic nitrogens is 4. The zero-order valence-electron chi connectivity index (χ0n) is 21.4. The van der Waals surface area contributed by atoms with Gasteiger partial charge in [0.15, 0.2) is 0 Å². The van der Waals surface area contributed by atoms with Crippen molar-refractivity contribution in [1.82, 2.24) is 19.1 Å². The van der Waals surface area contributed by atoms with Crippen LogP contribution in [0.15, 0.2) is 22.0 Å². The predicted molar refractivity (Wildman–Crippen MR) is 134 cm³/mol. The lowest BCUT2D eigenvalue weighted by Gasteiger charge is -2.22. The normalized spacial score (nSPS) is 16.7. The van der Waals surface area contributed by atoms with E-state index in [0.29, 0.717) is 0 Å². The van der Waals surface area contributed by atoms with Crippen LogP contribution in [0.2, 0.25) is 0 Å². The first kappa shape index (κ1) is 25.4. The molecule has 0 unspecified atom stereocenters. The highest BCUT2D eigenvalue weighted by Crippen LogP contribution is 2.31. The molecule has 6 heteroatoms. The average Bonchev–Trinajstić information content (AvgIpc) is 3.60. The van der Waals surface area contributed by atoms with Crippen LogP contribution in [-0.4, -0.2) is 19.1 Å². The molecule has 2 aromatic heterocycles. The van der Waals surface area contributed by atoms with Gasteiger partial charge in [0.05, 0.1) is 0 Å². The molecular formula is C27H42N4O2. The van der Waals surface area contributed by atoms with E-state index in [0.717, 1.165) is 47.5 Å². The SMILES string of the molecule is CC(C)c1cnc(CC2CC2)n(C)c1=O.CC(C)c1cnc(CC2CCCCC2)n(C)c1=O. The Balaban J connectivity index is 0.000000189. The maximum absolute atomic E-state index is 12.2. The van der Waals surface area contributed by atoms with Crippen LogP contribution >= 0.6 is 0 Å². The van der Waals surface area contributed by atoms with Crippen LogP contribution in [0.3, 0.4) is 0 Å². The molecule has 2 aliphatic carbocycles. The quantitative estimate of drug-likeness (QED) is 0.624. The van der Waals surface area contributed by atoms with Crippen molar-refractivity contribution in [2.24, 2.45) is 25.9 Å². The Labute approximate surface area is 198 Å². The third-order valence-corrected chi connectivity index (χ3v) is 7.19. The summed E-state index contributed by atoms with van der Waals surface area (Å²) in [5, 5.41) is 0. The van der Waals surface area contributed by atoms with E-state index < -0.39 is 0 Å². The van der Waals surface area contributed by atoms with E-state index in [4.69, 9.17) is 0 Å². The highest BCUT2D eigenvalue weighted by molar-refractivity contribution is 5.13. The second kappa shape index (κ2) is 11.3. The van der Waals surface area contributed by atoms with Gasteiger partial charge in [0.25, 0.3) is 11.1 Å². The fourth-order valence-corrected chi connectivity index (χ4v) is 4.59. The van der Waals surface area contributed by atoms with Crippen LogP contribution in [0.4, 0.5) is 0 Å². The molecule has 0 aliphatic heterocycles. The highest BCUT2D eigenvalue weighted by Gasteiger charge is 2.24. The smallest absolute Gasteiger partial charge is 0.256 e. The highest BCUT2D eigenvalue weighted by atomic mass is 16.1. The van der Waals surface area contributed by atoms with Gasteiger partial charge in [-0.3, -0.25) is 18.7 Å². The minimum Gasteiger partial charge on any atom is -0.300 e. The number of hydrogen-bond acceptors (Lipinski definition) is 4. The Morgan fingerprint density at radius 1 is 0.727 bits per heavy atom. The summed E-state index contributed by atoms with van der Waals surface area (Å²) < 4.78 is 3.47. The zero-order chi connectivity index (χ0) is 24.1. The molecule has 0 amide bonds. The molecule has 2 aromatic rings. The monoisotopic (exact) mass is 454 g/mol. The second-order valence-corrected chi connectivity index (χ2v) is 10.7. The lowest BCUT2D eigenvalue weighted by Crippen LogP contribution is -2.27. The average molecular weight is 455 g/mol. The molecule has 2 saturated carbocycles. The maximum atomic E-state index is 12.2. The molecule has 0 atom stereocenters. The van der Waals surface area contributed by atoms with Crippen molar-refractivity contribution < 1.29 is 0 Å². The minimum absolute atomic E-state index is 0.121.